The summed E-state index contributed by atoms with van der Waals surface area (Å²) in [7, 11) is 0. The Bertz CT molecular complexity index is 730. The smallest absolute Gasteiger partial charge is 0.0733 e. The van der Waals surface area contributed by atoms with Gasteiger partial charge in [0.15, 0.2) is 0 Å². The molecule has 84 valence electrons. The summed E-state index contributed by atoms with van der Waals surface area (Å²) in [5.41, 5.74) is 11.2. The summed E-state index contributed by atoms with van der Waals surface area (Å²) in [6, 6.07) is 12.5. The van der Waals surface area contributed by atoms with E-state index in [0.717, 1.165) is 33.1 Å². The quantitative estimate of drug-likeness (QED) is 0.466. The van der Waals surface area contributed by atoms with Gasteiger partial charge in [0.05, 0.1) is 11.0 Å². The minimum absolute atomic E-state index is 0.801. The van der Waals surface area contributed by atoms with E-state index in [0.29, 0.717) is 0 Å². The van der Waals surface area contributed by atoms with Gasteiger partial charge in [-0.1, -0.05) is 12.1 Å². The zero-order valence-corrected chi connectivity index (χ0v) is 9.99. The van der Waals surface area contributed by atoms with Crippen molar-refractivity contribution in [1.29, 1.82) is 0 Å². The van der Waals surface area contributed by atoms with E-state index in [4.69, 9.17) is 5.73 Å². The Morgan fingerprint density at radius 2 is 1.65 bits per heavy atom. The standard InChI is InChI=1S/C15H14N2/c1-9-3-4-11-8-12-13(16)5-10(2)7-15(12)17-14(11)6-9/h3-8H,16H2,1-2H3. The summed E-state index contributed by atoms with van der Waals surface area (Å²) in [5.74, 6) is 0. The second kappa shape index (κ2) is 3.45. The van der Waals surface area contributed by atoms with E-state index in [1.54, 1.807) is 0 Å². The third kappa shape index (κ3) is 1.62. The molecule has 1 aromatic heterocycles. The van der Waals surface area contributed by atoms with Crippen LogP contribution in [0.5, 0.6) is 0 Å². The highest BCUT2D eigenvalue weighted by atomic mass is 14.7. The van der Waals surface area contributed by atoms with E-state index in [-0.39, 0.29) is 0 Å². The van der Waals surface area contributed by atoms with E-state index >= 15 is 0 Å². The van der Waals surface area contributed by atoms with E-state index < -0.39 is 0 Å². The highest BCUT2D eigenvalue weighted by Gasteiger charge is 2.03. The first kappa shape index (κ1) is 10.1. The number of anilines is 1. The van der Waals surface area contributed by atoms with Gasteiger partial charge in [-0.3, -0.25) is 0 Å². The fourth-order valence-corrected chi connectivity index (χ4v) is 2.21. The molecule has 17 heavy (non-hydrogen) atoms. The first-order valence-corrected chi connectivity index (χ1v) is 5.71. The number of fused-ring (bicyclic) bond motifs is 2. The van der Waals surface area contributed by atoms with Gasteiger partial charge in [0.25, 0.3) is 0 Å². The van der Waals surface area contributed by atoms with Crippen LogP contribution in [-0.2, 0) is 0 Å². The molecule has 0 aliphatic rings. The first-order chi connectivity index (χ1) is 8.13. The Hall–Kier alpha value is -2.09. The van der Waals surface area contributed by atoms with Crippen LogP contribution in [0.4, 0.5) is 5.69 Å². The van der Waals surface area contributed by atoms with Crippen LogP contribution in [0.25, 0.3) is 21.8 Å². The molecule has 0 aliphatic carbocycles. The molecular formula is C15H14N2. The molecule has 2 aromatic carbocycles. The van der Waals surface area contributed by atoms with Crippen molar-refractivity contribution in [2.75, 3.05) is 5.73 Å². The summed E-state index contributed by atoms with van der Waals surface area (Å²) >= 11 is 0. The Morgan fingerprint density at radius 3 is 2.47 bits per heavy atom. The third-order valence-electron chi connectivity index (χ3n) is 3.06. The molecule has 0 fully saturated rings. The number of aryl methyl sites for hydroxylation is 2. The number of pyridine rings is 1. The molecule has 3 aromatic rings. The van der Waals surface area contributed by atoms with Crippen molar-refractivity contribution in [3.05, 3.63) is 47.5 Å². The van der Waals surface area contributed by atoms with E-state index in [1.165, 1.54) is 5.56 Å². The third-order valence-corrected chi connectivity index (χ3v) is 3.06. The van der Waals surface area contributed by atoms with Gasteiger partial charge in [0.1, 0.15) is 0 Å². The number of nitrogens with zero attached hydrogens (tertiary/aromatic N) is 1. The number of rotatable bonds is 0. The molecule has 0 saturated carbocycles. The Balaban J connectivity index is 2.47. The van der Waals surface area contributed by atoms with Crippen LogP contribution in [-0.4, -0.2) is 4.98 Å². The van der Waals surface area contributed by atoms with Crippen molar-refractivity contribution < 1.29 is 0 Å². The van der Waals surface area contributed by atoms with Crippen LogP contribution in [0, 0.1) is 13.8 Å². The van der Waals surface area contributed by atoms with Gasteiger partial charge in [-0.05, 0) is 49.2 Å². The Kier molecular flexibility index (Phi) is 2.05. The van der Waals surface area contributed by atoms with Crippen molar-refractivity contribution in [2.24, 2.45) is 0 Å². The van der Waals surface area contributed by atoms with Crippen LogP contribution in [0.3, 0.4) is 0 Å². The molecule has 0 spiro atoms. The lowest BCUT2D eigenvalue weighted by atomic mass is 10.1. The van der Waals surface area contributed by atoms with E-state index in [1.807, 2.05) is 13.0 Å². The molecule has 3 rings (SSSR count). The maximum absolute atomic E-state index is 6.04. The molecule has 2 N–H and O–H groups in total. The summed E-state index contributed by atoms with van der Waals surface area (Å²) in [6.45, 7) is 4.12. The molecule has 0 amide bonds. The molecule has 0 aliphatic heterocycles. The van der Waals surface area contributed by atoms with Crippen molar-refractivity contribution in [2.45, 2.75) is 13.8 Å². The minimum Gasteiger partial charge on any atom is -0.398 e. The van der Waals surface area contributed by atoms with Crippen molar-refractivity contribution in [1.82, 2.24) is 4.98 Å². The zero-order valence-electron chi connectivity index (χ0n) is 9.99. The topological polar surface area (TPSA) is 38.9 Å². The zero-order chi connectivity index (χ0) is 12.0. The molecule has 0 radical (unpaired) electrons. The van der Waals surface area contributed by atoms with Gasteiger partial charge in [0, 0.05) is 16.5 Å². The predicted octanol–water partition coefficient (Wildman–Crippen LogP) is 3.59. The fraction of sp³-hybridized carbons (Fsp3) is 0.133. The summed E-state index contributed by atoms with van der Waals surface area (Å²) < 4.78 is 0. The minimum atomic E-state index is 0.801. The molecule has 0 atom stereocenters. The van der Waals surface area contributed by atoms with Crippen molar-refractivity contribution in [3.63, 3.8) is 0 Å². The van der Waals surface area contributed by atoms with Gasteiger partial charge in [-0.25, -0.2) is 4.98 Å². The predicted molar refractivity (Wildman–Crippen MR) is 73.1 cm³/mol. The van der Waals surface area contributed by atoms with Crippen molar-refractivity contribution >= 4 is 27.5 Å². The molecule has 0 bridgehead atoms. The van der Waals surface area contributed by atoms with Crippen molar-refractivity contribution in [3.8, 4) is 0 Å². The second-order valence-electron chi connectivity index (χ2n) is 4.61. The maximum atomic E-state index is 6.04. The molecule has 0 saturated heterocycles. The van der Waals surface area contributed by atoms with Gasteiger partial charge >= 0.3 is 0 Å². The van der Waals surface area contributed by atoms with Gasteiger partial charge < -0.3 is 5.73 Å². The molecule has 2 heteroatoms. The van der Waals surface area contributed by atoms with Gasteiger partial charge in [-0.15, -0.1) is 0 Å². The van der Waals surface area contributed by atoms with Crippen LogP contribution in [0.15, 0.2) is 36.4 Å². The molecule has 1 heterocycles. The lowest BCUT2D eigenvalue weighted by Gasteiger charge is -2.06. The van der Waals surface area contributed by atoms with Gasteiger partial charge in [-0.2, -0.15) is 0 Å². The molecular weight excluding hydrogens is 208 g/mol. The normalized spacial score (nSPS) is 11.2. The fourth-order valence-electron chi connectivity index (χ4n) is 2.21. The molecule has 0 unspecified atom stereocenters. The summed E-state index contributed by atoms with van der Waals surface area (Å²) in [5, 5.41) is 2.17. The number of nitrogen functional groups attached to an aromatic ring is 1. The first-order valence-electron chi connectivity index (χ1n) is 5.71. The Morgan fingerprint density at radius 1 is 0.882 bits per heavy atom. The lowest BCUT2D eigenvalue weighted by Crippen LogP contribution is -1.91. The largest absolute Gasteiger partial charge is 0.398 e. The number of aromatic nitrogens is 1. The van der Waals surface area contributed by atoms with Crippen LogP contribution >= 0.6 is 0 Å². The lowest BCUT2D eigenvalue weighted by molar-refractivity contribution is 1.42. The van der Waals surface area contributed by atoms with E-state index in [9.17, 15) is 0 Å². The average molecular weight is 222 g/mol. The number of nitrogens with two attached hydrogens (primary N) is 1. The van der Waals surface area contributed by atoms with E-state index in [2.05, 4.69) is 42.2 Å². The SMILES string of the molecule is Cc1ccc2cc3c(N)cc(C)cc3nc2c1. The van der Waals surface area contributed by atoms with Crippen LogP contribution < -0.4 is 5.73 Å². The van der Waals surface area contributed by atoms with Crippen LogP contribution in [0.2, 0.25) is 0 Å². The van der Waals surface area contributed by atoms with Gasteiger partial charge in [0.2, 0.25) is 0 Å². The maximum Gasteiger partial charge on any atom is 0.0733 e. The second-order valence-corrected chi connectivity index (χ2v) is 4.61. The summed E-state index contributed by atoms with van der Waals surface area (Å²) in [4.78, 5) is 4.68. The monoisotopic (exact) mass is 222 g/mol. The highest BCUT2D eigenvalue weighted by molar-refractivity contribution is 5.99. The average Bonchev–Trinajstić information content (AvgIpc) is 2.26. The van der Waals surface area contributed by atoms with Crippen LogP contribution in [0.1, 0.15) is 11.1 Å². The highest BCUT2D eigenvalue weighted by Crippen LogP contribution is 2.26. The number of hydrogen-bond acceptors (Lipinski definition) is 2. The summed E-state index contributed by atoms with van der Waals surface area (Å²) in [6.07, 6.45) is 0. The molecule has 2 nitrogen and oxygen atoms in total. The Labute approximate surface area is 100 Å². The number of benzene rings is 2. The number of hydrogen-bond donors (Lipinski definition) is 1.